The smallest absolute Gasteiger partial charge is 0.223 e. The van der Waals surface area contributed by atoms with Crippen molar-refractivity contribution in [2.24, 2.45) is 5.92 Å². The fourth-order valence-electron chi connectivity index (χ4n) is 3.70. The number of rotatable bonds is 7. The maximum Gasteiger partial charge on any atom is 0.223 e. The Bertz CT molecular complexity index is 900. The fourth-order valence-corrected chi connectivity index (χ4v) is 4.56. The molecule has 3 heterocycles. The van der Waals surface area contributed by atoms with Gasteiger partial charge in [-0.2, -0.15) is 0 Å². The maximum atomic E-state index is 12.7. The zero-order chi connectivity index (χ0) is 20.1. The molecule has 29 heavy (non-hydrogen) atoms. The van der Waals surface area contributed by atoms with Crippen LogP contribution in [0.5, 0.6) is 0 Å². The molecule has 0 unspecified atom stereocenters. The Morgan fingerprint density at radius 3 is 2.52 bits per heavy atom. The van der Waals surface area contributed by atoms with Crippen LogP contribution in [0.15, 0.2) is 54.9 Å². The van der Waals surface area contributed by atoms with E-state index in [9.17, 15) is 4.79 Å². The van der Waals surface area contributed by atoms with Gasteiger partial charge in [-0.3, -0.25) is 9.36 Å². The van der Waals surface area contributed by atoms with E-state index in [1.807, 2.05) is 35.2 Å². The third-order valence-corrected chi connectivity index (χ3v) is 6.46. The number of hydrogen-bond acceptors (Lipinski definition) is 5. The van der Waals surface area contributed by atoms with Crippen LogP contribution in [0.3, 0.4) is 0 Å². The lowest BCUT2D eigenvalue weighted by Crippen LogP contribution is -2.43. The van der Waals surface area contributed by atoms with Gasteiger partial charge in [-0.25, -0.2) is 0 Å². The van der Waals surface area contributed by atoms with E-state index >= 15 is 0 Å². The molecule has 2 aromatic heterocycles. The average Bonchev–Trinajstić information content (AvgIpc) is 3.45. The molecule has 0 bridgehead atoms. The molecule has 1 N–H and O–H groups in total. The lowest BCUT2D eigenvalue weighted by Gasteiger charge is -2.31. The minimum Gasteiger partial charge on any atom is -0.353 e. The maximum absolute atomic E-state index is 12.7. The second-order valence-electron chi connectivity index (χ2n) is 7.65. The van der Waals surface area contributed by atoms with Crippen molar-refractivity contribution in [1.82, 2.24) is 20.1 Å². The lowest BCUT2D eigenvalue weighted by atomic mass is 9.95. The highest BCUT2D eigenvalue weighted by Crippen LogP contribution is 2.28. The molecule has 1 atom stereocenters. The number of anilines is 1. The van der Waals surface area contributed by atoms with Gasteiger partial charge in [0.1, 0.15) is 0 Å². The highest BCUT2D eigenvalue weighted by molar-refractivity contribution is 7.17. The number of carbonyl (C=O) groups excluding carboxylic acids is 1. The predicted octanol–water partition coefficient (Wildman–Crippen LogP) is 3.68. The van der Waals surface area contributed by atoms with Crippen molar-refractivity contribution in [3.05, 3.63) is 60.4 Å². The molecule has 1 fully saturated rings. The number of aromatic nitrogens is 3. The Labute approximate surface area is 175 Å². The molecular weight excluding hydrogens is 382 g/mol. The van der Waals surface area contributed by atoms with Crippen molar-refractivity contribution in [3.8, 4) is 5.13 Å². The van der Waals surface area contributed by atoms with Crippen molar-refractivity contribution in [2.45, 2.75) is 38.6 Å². The molecule has 1 aliphatic rings. The Hall–Kier alpha value is -2.67. The molecule has 1 saturated heterocycles. The Morgan fingerprint density at radius 1 is 1.10 bits per heavy atom. The number of nitrogens with zero attached hydrogens (tertiary/aromatic N) is 4. The van der Waals surface area contributed by atoms with E-state index in [4.69, 9.17) is 0 Å². The van der Waals surface area contributed by atoms with Gasteiger partial charge in [-0.15, -0.1) is 10.2 Å². The van der Waals surface area contributed by atoms with Crippen LogP contribution in [0.25, 0.3) is 5.13 Å². The molecule has 0 radical (unpaired) electrons. The summed E-state index contributed by atoms with van der Waals surface area (Å²) in [6.07, 6.45) is 7.61. The first-order chi connectivity index (χ1) is 14.2. The van der Waals surface area contributed by atoms with Gasteiger partial charge < -0.3 is 10.2 Å². The van der Waals surface area contributed by atoms with Crippen LogP contribution >= 0.6 is 11.3 Å². The Balaban J connectivity index is 1.23. The quantitative estimate of drug-likeness (QED) is 0.647. The van der Waals surface area contributed by atoms with E-state index in [0.717, 1.165) is 49.0 Å². The molecule has 152 valence electrons. The molecular formula is C22H27N5OS. The van der Waals surface area contributed by atoms with Crippen LogP contribution < -0.4 is 10.2 Å². The molecule has 1 aromatic carbocycles. The summed E-state index contributed by atoms with van der Waals surface area (Å²) in [4.78, 5) is 14.9. The molecule has 3 aromatic rings. The minimum atomic E-state index is 0.0854. The van der Waals surface area contributed by atoms with Crippen LogP contribution in [0.1, 0.15) is 31.7 Å². The first kappa shape index (κ1) is 19.6. The minimum absolute atomic E-state index is 0.0854. The van der Waals surface area contributed by atoms with Crippen molar-refractivity contribution >= 4 is 22.4 Å². The highest BCUT2D eigenvalue weighted by atomic mass is 32.1. The average molecular weight is 410 g/mol. The second kappa shape index (κ2) is 9.22. The molecule has 0 aliphatic carbocycles. The van der Waals surface area contributed by atoms with Crippen LogP contribution in [-0.4, -0.2) is 39.8 Å². The number of carbonyl (C=O) groups is 1. The van der Waals surface area contributed by atoms with Gasteiger partial charge in [0, 0.05) is 37.4 Å². The zero-order valence-electron chi connectivity index (χ0n) is 16.7. The summed E-state index contributed by atoms with van der Waals surface area (Å²) < 4.78 is 1.97. The summed E-state index contributed by atoms with van der Waals surface area (Å²) in [6, 6.07) is 14.6. The highest BCUT2D eigenvalue weighted by Gasteiger charge is 2.27. The number of aryl methyl sites for hydroxylation is 1. The molecule has 1 aliphatic heterocycles. The molecule has 1 amide bonds. The standard InChI is InChI=1S/C22H27N5OS/c1-17(9-10-18-7-3-2-4-8-18)23-20(28)19-11-15-27(16-12-19)22-25-24-21(29-22)26-13-5-6-14-26/h2-8,13-14,17,19H,9-12,15-16H2,1H3,(H,23,28)/t17-/m1/s1. The summed E-state index contributed by atoms with van der Waals surface area (Å²) >= 11 is 1.59. The van der Waals surface area contributed by atoms with Gasteiger partial charge >= 0.3 is 0 Å². The van der Waals surface area contributed by atoms with Gasteiger partial charge in [-0.1, -0.05) is 41.7 Å². The number of benzene rings is 1. The van der Waals surface area contributed by atoms with Gasteiger partial charge in [0.2, 0.25) is 16.2 Å². The first-order valence-electron chi connectivity index (χ1n) is 10.2. The largest absolute Gasteiger partial charge is 0.353 e. The van der Waals surface area contributed by atoms with Crippen LogP contribution in [-0.2, 0) is 11.2 Å². The van der Waals surface area contributed by atoms with Crippen molar-refractivity contribution < 1.29 is 4.79 Å². The normalized spacial score (nSPS) is 16.0. The summed E-state index contributed by atoms with van der Waals surface area (Å²) in [5.41, 5.74) is 1.32. The van der Waals surface area contributed by atoms with E-state index in [-0.39, 0.29) is 17.9 Å². The third-order valence-electron chi connectivity index (χ3n) is 5.46. The lowest BCUT2D eigenvalue weighted by molar-refractivity contribution is -0.126. The van der Waals surface area contributed by atoms with Crippen molar-refractivity contribution in [1.29, 1.82) is 0 Å². The predicted molar refractivity (Wildman–Crippen MR) is 117 cm³/mol. The number of amides is 1. The molecule has 7 heteroatoms. The zero-order valence-corrected chi connectivity index (χ0v) is 17.5. The summed E-state index contributed by atoms with van der Waals surface area (Å²) in [5, 5.41) is 13.6. The van der Waals surface area contributed by atoms with E-state index in [1.165, 1.54) is 5.56 Å². The van der Waals surface area contributed by atoms with Gasteiger partial charge in [-0.05, 0) is 50.3 Å². The summed E-state index contributed by atoms with van der Waals surface area (Å²) in [7, 11) is 0. The Morgan fingerprint density at radius 2 is 1.79 bits per heavy atom. The fraction of sp³-hybridized carbons (Fsp3) is 0.409. The molecule has 0 saturated carbocycles. The van der Waals surface area contributed by atoms with E-state index in [2.05, 4.69) is 51.6 Å². The van der Waals surface area contributed by atoms with E-state index in [0.29, 0.717) is 0 Å². The first-order valence-corrected chi connectivity index (χ1v) is 11.1. The van der Waals surface area contributed by atoms with E-state index < -0.39 is 0 Å². The number of nitrogens with one attached hydrogen (secondary N) is 1. The van der Waals surface area contributed by atoms with Gasteiger partial charge in [0.25, 0.3) is 0 Å². The topological polar surface area (TPSA) is 63.1 Å². The number of piperidine rings is 1. The molecule has 0 spiro atoms. The molecule has 4 rings (SSSR count). The molecule has 6 nitrogen and oxygen atoms in total. The monoisotopic (exact) mass is 409 g/mol. The SMILES string of the molecule is C[C@H](CCc1ccccc1)NC(=O)C1CCN(c2nnc(-n3cccc3)s2)CC1. The third kappa shape index (κ3) is 5.03. The van der Waals surface area contributed by atoms with Gasteiger partial charge in [0.05, 0.1) is 0 Å². The van der Waals surface area contributed by atoms with Crippen molar-refractivity contribution in [2.75, 3.05) is 18.0 Å². The second-order valence-corrected chi connectivity index (χ2v) is 8.59. The van der Waals surface area contributed by atoms with Crippen LogP contribution in [0.2, 0.25) is 0 Å². The summed E-state index contributed by atoms with van der Waals surface area (Å²) in [5.74, 6) is 0.276. The van der Waals surface area contributed by atoms with Crippen LogP contribution in [0, 0.1) is 5.92 Å². The number of hydrogen-bond donors (Lipinski definition) is 1. The Kier molecular flexibility index (Phi) is 6.24. The van der Waals surface area contributed by atoms with Crippen molar-refractivity contribution in [3.63, 3.8) is 0 Å². The van der Waals surface area contributed by atoms with Gasteiger partial charge in [0.15, 0.2) is 0 Å². The van der Waals surface area contributed by atoms with Crippen LogP contribution in [0.4, 0.5) is 5.13 Å². The summed E-state index contributed by atoms with van der Waals surface area (Å²) in [6.45, 7) is 3.79. The van der Waals surface area contributed by atoms with E-state index in [1.54, 1.807) is 11.3 Å².